The minimum Gasteiger partial charge on any atom is -0.330 e. The van der Waals surface area contributed by atoms with Crippen molar-refractivity contribution in [3.8, 4) is 0 Å². The molecule has 1 atom stereocenters. The van der Waals surface area contributed by atoms with E-state index in [0.29, 0.717) is 6.04 Å². The van der Waals surface area contributed by atoms with Crippen LogP contribution in [0.1, 0.15) is 67.2 Å². The van der Waals surface area contributed by atoms with E-state index in [1.54, 1.807) is 11.1 Å². The summed E-state index contributed by atoms with van der Waals surface area (Å²) in [5, 5.41) is 0. The van der Waals surface area contributed by atoms with Crippen LogP contribution in [0.5, 0.6) is 0 Å². The van der Waals surface area contributed by atoms with Crippen LogP contribution < -0.4 is 0 Å². The lowest BCUT2D eigenvalue weighted by molar-refractivity contribution is 0.443. The maximum Gasteiger partial charge on any atom is 0.0951 e. The van der Waals surface area contributed by atoms with E-state index >= 15 is 0 Å². The summed E-state index contributed by atoms with van der Waals surface area (Å²) < 4.78 is 2.26. The normalized spacial score (nSPS) is 22.9. The number of aromatic nitrogens is 2. The van der Waals surface area contributed by atoms with Gasteiger partial charge in [-0.25, -0.2) is 4.98 Å². The van der Waals surface area contributed by atoms with Crippen molar-refractivity contribution in [1.82, 2.24) is 9.55 Å². The van der Waals surface area contributed by atoms with Gasteiger partial charge >= 0.3 is 0 Å². The van der Waals surface area contributed by atoms with E-state index in [4.69, 9.17) is 0 Å². The Morgan fingerprint density at radius 2 is 1.95 bits per heavy atom. The van der Waals surface area contributed by atoms with Gasteiger partial charge in [-0.1, -0.05) is 37.5 Å². The molecule has 2 aliphatic carbocycles. The van der Waals surface area contributed by atoms with Gasteiger partial charge in [0.2, 0.25) is 0 Å². The van der Waals surface area contributed by atoms with Crippen LogP contribution in [0.2, 0.25) is 0 Å². The maximum atomic E-state index is 4.19. The van der Waals surface area contributed by atoms with E-state index in [1.807, 2.05) is 12.5 Å². The molecule has 1 saturated carbocycles. The van der Waals surface area contributed by atoms with Crippen molar-refractivity contribution in [1.29, 1.82) is 0 Å². The second-order valence-electron chi connectivity index (χ2n) is 6.36. The largest absolute Gasteiger partial charge is 0.330 e. The van der Waals surface area contributed by atoms with Gasteiger partial charge in [-0.2, -0.15) is 0 Å². The molecular formula is C18H22N2. The Morgan fingerprint density at radius 3 is 2.75 bits per heavy atom. The second-order valence-corrected chi connectivity index (χ2v) is 6.36. The molecule has 2 nitrogen and oxygen atoms in total. The van der Waals surface area contributed by atoms with Crippen LogP contribution in [0.4, 0.5) is 0 Å². The van der Waals surface area contributed by atoms with Crippen molar-refractivity contribution >= 4 is 0 Å². The Labute approximate surface area is 120 Å². The fraction of sp³-hybridized carbons (Fsp3) is 0.500. The number of nitrogens with zero attached hydrogens (tertiary/aromatic N) is 2. The molecule has 1 heterocycles. The first-order valence-electron chi connectivity index (χ1n) is 8.02. The van der Waals surface area contributed by atoms with Crippen molar-refractivity contribution < 1.29 is 0 Å². The molecule has 20 heavy (non-hydrogen) atoms. The molecule has 1 fully saturated rings. The molecule has 4 rings (SSSR count). The zero-order valence-electron chi connectivity index (χ0n) is 12.0. The lowest BCUT2D eigenvalue weighted by Gasteiger charge is -2.23. The van der Waals surface area contributed by atoms with Crippen LogP contribution >= 0.6 is 0 Å². The number of hydrogen-bond acceptors (Lipinski definition) is 1. The van der Waals surface area contributed by atoms with Crippen LogP contribution in [0.3, 0.4) is 0 Å². The first-order chi connectivity index (χ1) is 9.92. The van der Waals surface area contributed by atoms with Gasteiger partial charge in [0.15, 0.2) is 0 Å². The highest BCUT2D eigenvalue weighted by Gasteiger charge is 2.25. The first kappa shape index (κ1) is 12.2. The molecule has 1 unspecified atom stereocenters. The van der Waals surface area contributed by atoms with Crippen molar-refractivity contribution in [2.75, 3.05) is 0 Å². The SMILES string of the molecule is c1cn(C2CCc3cc(C4CCCCC4)ccc32)cn1. The molecule has 0 amide bonds. The lowest BCUT2D eigenvalue weighted by Crippen LogP contribution is -2.06. The standard InChI is InChI=1S/C18H22N2/c1-2-4-14(5-3-1)15-6-8-17-16(12-15)7-9-18(17)20-11-10-19-13-20/h6,8,10-14,18H,1-5,7,9H2. The zero-order chi connectivity index (χ0) is 13.4. The highest BCUT2D eigenvalue weighted by Crippen LogP contribution is 2.38. The molecule has 0 bridgehead atoms. The topological polar surface area (TPSA) is 17.8 Å². The molecule has 1 aromatic carbocycles. The van der Waals surface area contributed by atoms with E-state index in [-0.39, 0.29) is 0 Å². The van der Waals surface area contributed by atoms with Crippen LogP contribution in [-0.4, -0.2) is 9.55 Å². The Morgan fingerprint density at radius 1 is 1.05 bits per heavy atom. The predicted molar refractivity (Wildman–Crippen MR) is 81.0 cm³/mol. The van der Waals surface area contributed by atoms with Crippen LogP contribution in [0.25, 0.3) is 0 Å². The molecule has 1 aromatic heterocycles. The number of imidazole rings is 1. The van der Waals surface area contributed by atoms with Gasteiger partial charge in [0.05, 0.1) is 12.4 Å². The molecule has 0 radical (unpaired) electrons. The summed E-state index contributed by atoms with van der Waals surface area (Å²) >= 11 is 0. The third-order valence-corrected chi connectivity index (χ3v) is 5.17. The molecular weight excluding hydrogens is 244 g/mol. The summed E-state index contributed by atoms with van der Waals surface area (Å²) in [6.45, 7) is 0. The van der Waals surface area contributed by atoms with E-state index in [9.17, 15) is 0 Å². The van der Waals surface area contributed by atoms with E-state index < -0.39 is 0 Å². The molecule has 0 spiro atoms. The zero-order valence-corrected chi connectivity index (χ0v) is 12.0. The maximum absolute atomic E-state index is 4.19. The lowest BCUT2D eigenvalue weighted by atomic mass is 9.83. The molecule has 0 aliphatic heterocycles. The third kappa shape index (κ3) is 2.07. The summed E-state index contributed by atoms with van der Waals surface area (Å²) in [6.07, 6.45) is 15.4. The van der Waals surface area contributed by atoms with Crippen molar-refractivity contribution in [3.05, 3.63) is 53.6 Å². The van der Waals surface area contributed by atoms with Gasteiger partial charge in [0.25, 0.3) is 0 Å². The average Bonchev–Trinajstić information content (AvgIpc) is 3.16. The molecule has 2 aromatic rings. The monoisotopic (exact) mass is 266 g/mol. The van der Waals surface area contributed by atoms with Crippen LogP contribution in [0.15, 0.2) is 36.9 Å². The third-order valence-electron chi connectivity index (χ3n) is 5.17. The summed E-state index contributed by atoms with van der Waals surface area (Å²) in [5.74, 6) is 0.821. The van der Waals surface area contributed by atoms with E-state index in [1.165, 1.54) is 50.5 Å². The number of fused-ring (bicyclic) bond motifs is 1. The Kier molecular flexibility index (Phi) is 3.10. The van der Waals surface area contributed by atoms with Crippen molar-refractivity contribution in [2.24, 2.45) is 0 Å². The number of rotatable bonds is 2. The summed E-state index contributed by atoms with van der Waals surface area (Å²) in [5.41, 5.74) is 4.68. The average molecular weight is 266 g/mol. The minimum atomic E-state index is 0.507. The van der Waals surface area contributed by atoms with E-state index in [2.05, 4.69) is 33.9 Å². The van der Waals surface area contributed by atoms with Gasteiger partial charge in [0.1, 0.15) is 0 Å². The van der Waals surface area contributed by atoms with Gasteiger partial charge in [0, 0.05) is 12.4 Å². The first-order valence-corrected chi connectivity index (χ1v) is 8.02. The van der Waals surface area contributed by atoms with E-state index in [0.717, 1.165) is 5.92 Å². The number of aryl methyl sites for hydroxylation is 1. The van der Waals surface area contributed by atoms with Crippen molar-refractivity contribution in [2.45, 2.75) is 56.9 Å². The van der Waals surface area contributed by atoms with Gasteiger partial charge < -0.3 is 4.57 Å². The second kappa shape index (κ2) is 5.08. The molecule has 2 aliphatic rings. The fourth-order valence-electron chi connectivity index (χ4n) is 4.07. The molecule has 104 valence electrons. The summed E-state index contributed by atoms with van der Waals surface area (Å²) in [6, 6.07) is 7.79. The van der Waals surface area contributed by atoms with Crippen molar-refractivity contribution in [3.63, 3.8) is 0 Å². The Bertz CT molecular complexity index is 579. The quantitative estimate of drug-likeness (QED) is 0.784. The molecule has 0 saturated heterocycles. The summed E-state index contributed by atoms with van der Waals surface area (Å²) in [7, 11) is 0. The molecule has 2 heteroatoms. The minimum absolute atomic E-state index is 0.507. The van der Waals surface area contributed by atoms with Crippen LogP contribution in [-0.2, 0) is 6.42 Å². The summed E-state index contributed by atoms with van der Waals surface area (Å²) in [4.78, 5) is 4.19. The highest BCUT2D eigenvalue weighted by atomic mass is 15.1. The number of benzene rings is 1. The number of hydrogen-bond donors (Lipinski definition) is 0. The van der Waals surface area contributed by atoms with Crippen LogP contribution in [0, 0.1) is 0 Å². The predicted octanol–water partition coefficient (Wildman–Crippen LogP) is 4.47. The van der Waals surface area contributed by atoms with Gasteiger partial charge in [-0.3, -0.25) is 0 Å². The molecule has 0 N–H and O–H groups in total. The highest BCUT2D eigenvalue weighted by molar-refractivity contribution is 5.39. The fourth-order valence-corrected chi connectivity index (χ4v) is 4.07. The Balaban J connectivity index is 1.62. The Hall–Kier alpha value is -1.57. The van der Waals surface area contributed by atoms with Gasteiger partial charge in [-0.05, 0) is 48.3 Å². The smallest absolute Gasteiger partial charge is 0.0951 e. The van der Waals surface area contributed by atoms with Gasteiger partial charge in [-0.15, -0.1) is 0 Å².